The Balaban J connectivity index is 2.54. The molecule has 4 nitrogen and oxygen atoms in total. The van der Waals surface area contributed by atoms with Crippen LogP contribution in [0.3, 0.4) is 0 Å². The summed E-state index contributed by atoms with van der Waals surface area (Å²) in [5.74, 6) is 0.324. The van der Waals surface area contributed by atoms with Crippen molar-refractivity contribution in [1.82, 2.24) is 0 Å². The SMILES string of the molecule is COC(=C(C#N)C=O)N1c2ccccc2CC1C. The van der Waals surface area contributed by atoms with E-state index >= 15 is 0 Å². The average Bonchev–Trinajstić information content (AvgIpc) is 2.72. The molecule has 1 aliphatic heterocycles. The number of aldehydes is 1. The van der Waals surface area contributed by atoms with Gasteiger partial charge in [0.05, 0.1) is 7.11 Å². The van der Waals surface area contributed by atoms with Gasteiger partial charge in [-0.15, -0.1) is 0 Å². The first kappa shape index (κ1) is 12.2. The minimum Gasteiger partial charge on any atom is -0.481 e. The first-order valence-corrected chi connectivity index (χ1v) is 5.73. The van der Waals surface area contributed by atoms with Crippen LogP contribution in [0.15, 0.2) is 35.7 Å². The minimum atomic E-state index is 0.0149. The molecule has 0 aliphatic carbocycles. The van der Waals surface area contributed by atoms with E-state index in [1.807, 2.05) is 42.2 Å². The summed E-state index contributed by atoms with van der Waals surface area (Å²) in [5, 5.41) is 8.98. The number of nitriles is 1. The Morgan fingerprint density at radius 2 is 2.28 bits per heavy atom. The number of carbonyl (C=O) groups excluding carboxylic acids is 1. The molecule has 18 heavy (non-hydrogen) atoms. The predicted octanol–water partition coefficient (Wildman–Crippen LogP) is 2.02. The highest BCUT2D eigenvalue weighted by atomic mass is 16.5. The van der Waals surface area contributed by atoms with Crippen molar-refractivity contribution in [1.29, 1.82) is 5.26 Å². The van der Waals surface area contributed by atoms with E-state index in [-0.39, 0.29) is 11.6 Å². The summed E-state index contributed by atoms with van der Waals surface area (Å²) in [6.45, 7) is 2.04. The number of benzene rings is 1. The van der Waals surface area contributed by atoms with E-state index in [2.05, 4.69) is 0 Å². The number of ether oxygens (including phenoxy) is 1. The van der Waals surface area contributed by atoms with Gasteiger partial charge < -0.3 is 9.64 Å². The lowest BCUT2D eigenvalue weighted by Gasteiger charge is -2.26. The lowest BCUT2D eigenvalue weighted by Crippen LogP contribution is -2.30. The normalized spacial score (nSPS) is 18.7. The highest BCUT2D eigenvalue weighted by Crippen LogP contribution is 2.35. The summed E-state index contributed by atoms with van der Waals surface area (Å²) in [6.07, 6.45) is 1.41. The molecule has 0 N–H and O–H groups in total. The summed E-state index contributed by atoms with van der Waals surface area (Å²) in [6, 6.07) is 9.98. The van der Waals surface area contributed by atoms with Crippen molar-refractivity contribution < 1.29 is 9.53 Å². The third-order valence-electron chi connectivity index (χ3n) is 3.09. The van der Waals surface area contributed by atoms with Gasteiger partial charge >= 0.3 is 0 Å². The molecule has 2 rings (SSSR count). The molecular formula is C14H14N2O2. The zero-order chi connectivity index (χ0) is 13.1. The number of fused-ring (bicyclic) bond motifs is 1. The molecule has 0 radical (unpaired) electrons. The van der Waals surface area contributed by atoms with Crippen molar-refractivity contribution in [2.24, 2.45) is 0 Å². The molecule has 0 aromatic heterocycles. The molecule has 1 heterocycles. The van der Waals surface area contributed by atoms with Crippen LogP contribution in [0.5, 0.6) is 0 Å². The van der Waals surface area contributed by atoms with E-state index in [4.69, 9.17) is 10.00 Å². The van der Waals surface area contributed by atoms with Gasteiger partial charge in [0, 0.05) is 11.7 Å². The Labute approximate surface area is 106 Å². The standard InChI is InChI=1S/C14H14N2O2/c1-10-7-11-5-3-4-6-13(11)16(10)14(18-2)12(8-15)9-17/h3-6,9-10H,7H2,1-2H3. The third kappa shape index (κ3) is 1.84. The van der Waals surface area contributed by atoms with E-state index in [1.165, 1.54) is 12.7 Å². The van der Waals surface area contributed by atoms with Crippen LogP contribution < -0.4 is 4.90 Å². The molecule has 1 unspecified atom stereocenters. The van der Waals surface area contributed by atoms with Crippen molar-refractivity contribution in [2.75, 3.05) is 12.0 Å². The monoisotopic (exact) mass is 242 g/mol. The Morgan fingerprint density at radius 3 is 2.89 bits per heavy atom. The molecule has 0 fully saturated rings. The Bertz CT molecular complexity index is 543. The van der Waals surface area contributed by atoms with Crippen LogP contribution in [0.25, 0.3) is 0 Å². The molecule has 0 saturated heterocycles. The van der Waals surface area contributed by atoms with Crippen LogP contribution in [0.2, 0.25) is 0 Å². The second kappa shape index (κ2) is 4.92. The fourth-order valence-electron chi connectivity index (χ4n) is 2.34. The van der Waals surface area contributed by atoms with Crippen molar-refractivity contribution in [3.8, 4) is 6.07 Å². The third-order valence-corrected chi connectivity index (χ3v) is 3.09. The summed E-state index contributed by atoms with van der Waals surface area (Å²) in [7, 11) is 1.48. The molecule has 0 saturated carbocycles. The van der Waals surface area contributed by atoms with Crippen LogP contribution in [-0.4, -0.2) is 19.4 Å². The van der Waals surface area contributed by atoms with Crippen LogP contribution >= 0.6 is 0 Å². The quantitative estimate of drug-likeness (QED) is 0.352. The zero-order valence-electron chi connectivity index (χ0n) is 10.4. The van der Waals surface area contributed by atoms with Gasteiger partial charge in [0.25, 0.3) is 0 Å². The fraction of sp³-hybridized carbons (Fsp3) is 0.286. The first-order valence-electron chi connectivity index (χ1n) is 5.73. The van der Waals surface area contributed by atoms with Crippen molar-refractivity contribution in [2.45, 2.75) is 19.4 Å². The number of nitrogens with zero attached hydrogens (tertiary/aromatic N) is 2. The van der Waals surface area contributed by atoms with Crippen LogP contribution in [0.1, 0.15) is 12.5 Å². The Kier molecular flexibility index (Phi) is 3.33. The van der Waals surface area contributed by atoms with Crippen molar-refractivity contribution in [3.63, 3.8) is 0 Å². The highest BCUT2D eigenvalue weighted by Gasteiger charge is 2.30. The van der Waals surface area contributed by atoms with Crippen LogP contribution in [0.4, 0.5) is 5.69 Å². The summed E-state index contributed by atoms with van der Waals surface area (Å²) >= 11 is 0. The van der Waals surface area contributed by atoms with Gasteiger partial charge in [-0.1, -0.05) is 18.2 Å². The molecule has 0 spiro atoms. The number of allylic oxidation sites excluding steroid dienone is 1. The molecule has 0 amide bonds. The van der Waals surface area contributed by atoms with E-state index in [1.54, 1.807) is 0 Å². The predicted molar refractivity (Wildman–Crippen MR) is 67.8 cm³/mol. The maximum atomic E-state index is 10.9. The van der Waals surface area contributed by atoms with Gasteiger partial charge in [0.15, 0.2) is 11.9 Å². The van der Waals surface area contributed by atoms with Gasteiger partial charge in [-0.05, 0) is 25.0 Å². The van der Waals surface area contributed by atoms with Crippen molar-refractivity contribution >= 4 is 12.0 Å². The zero-order valence-corrected chi connectivity index (χ0v) is 10.4. The van der Waals surface area contributed by atoms with E-state index in [0.717, 1.165) is 12.1 Å². The minimum absolute atomic E-state index is 0.0149. The molecule has 1 aliphatic rings. The maximum Gasteiger partial charge on any atom is 0.215 e. The summed E-state index contributed by atoms with van der Waals surface area (Å²) in [4.78, 5) is 12.8. The Morgan fingerprint density at radius 1 is 1.56 bits per heavy atom. The van der Waals surface area contributed by atoms with Gasteiger partial charge in [-0.25, -0.2) is 0 Å². The second-order valence-electron chi connectivity index (χ2n) is 4.20. The van der Waals surface area contributed by atoms with Gasteiger partial charge in [0.2, 0.25) is 5.88 Å². The van der Waals surface area contributed by atoms with Crippen LogP contribution in [-0.2, 0) is 16.0 Å². The van der Waals surface area contributed by atoms with Gasteiger partial charge in [0.1, 0.15) is 6.07 Å². The topological polar surface area (TPSA) is 53.3 Å². The smallest absolute Gasteiger partial charge is 0.215 e. The molecule has 0 bridgehead atoms. The number of methoxy groups -OCH3 is 1. The molecule has 4 heteroatoms. The summed E-state index contributed by atoms with van der Waals surface area (Å²) < 4.78 is 5.26. The van der Waals surface area contributed by atoms with E-state index < -0.39 is 0 Å². The number of hydrogen-bond donors (Lipinski definition) is 0. The number of rotatable bonds is 3. The highest BCUT2D eigenvalue weighted by molar-refractivity contribution is 5.82. The van der Waals surface area contributed by atoms with Crippen LogP contribution in [0, 0.1) is 11.3 Å². The van der Waals surface area contributed by atoms with Crippen molar-refractivity contribution in [3.05, 3.63) is 41.3 Å². The summed E-state index contributed by atoms with van der Waals surface area (Å²) in [5.41, 5.74) is 2.21. The van der Waals surface area contributed by atoms with Gasteiger partial charge in [-0.3, -0.25) is 4.79 Å². The molecule has 1 aromatic carbocycles. The number of carbonyl (C=O) groups is 1. The number of para-hydroxylation sites is 1. The first-order chi connectivity index (χ1) is 8.72. The maximum absolute atomic E-state index is 10.9. The second-order valence-corrected chi connectivity index (χ2v) is 4.20. The lowest BCUT2D eigenvalue weighted by molar-refractivity contribution is -0.104. The Hall–Kier alpha value is -2.28. The van der Waals surface area contributed by atoms with Gasteiger partial charge in [-0.2, -0.15) is 5.26 Å². The fourth-order valence-corrected chi connectivity index (χ4v) is 2.34. The molecule has 1 atom stereocenters. The number of anilines is 1. The van der Waals surface area contributed by atoms with E-state index in [0.29, 0.717) is 12.2 Å². The molecule has 92 valence electrons. The number of hydrogen-bond acceptors (Lipinski definition) is 4. The molecular weight excluding hydrogens is 228 g/mol. The largest absolute Gasteiger partial charge is 0.481 e. The lowest BCUT2D eigenvalue weighted by atomic mass is 10.1. The van der Waals surface area contributed by atoms with E-state index in [9.17, 15) is 4.79 Å². The molecule has 1 aromatic rings. The average molecular weight is 242 g/mol.